The average molecular weight is 413 g/mol. The Morgan fingerprint density at radius 3 is 2.50 bits per heavy atom. The summed E-state index contributed by atoms with van der Waals surface area (Å²) in [5, 5.41) is 31.3. The van der Waals surface area contributed by atoms with E-state index in [0.717, 1.165) is 25.0 Å². The molecule has 2 aromatic heterocycles. The first-order valence-electron chi connectivity index (χ1n) is 10.7. The van der Waals surface area contributed by atoms with Crippen LogP contribution in [0.4, 0.5) is 17.6 Å². The molecule has 0 amide bonds. The van der Waals surface area contributed by atoms with Crippen LogP contribution < -0.4 is 15.5 Å². The van der Waals surface area contributed by atoms with Gasteiger partial charge in [0.1, 0.15) is 5.82 Å². The first-order valence-corrected chi connectivity index (χ1v) is 10.7. The van der Waals surface area contributed by atoms with Crippen LogP contribution in [0.15, 0.2) is 12.1 Å². The van der Waals surface area contributed by atoms with Gasteiger partial charge in [-0.1, -0.05) is 6.92 Å². The average Bonchev–Trinajstić information content (AvgIpc) is 3.31. The molecule has 2 bridgehead atoms. The van der Waals surface area contributed by atoms with Crippen molar-refractivity contribution in [1.82, 2.24) is 25.5 Å². The molecule has 2 aliphatic heterocycles. The van der Waals surface area contributed by atoms with Gasteiger partial charge in [-0.15, -0.1) is 0 Å². The third-order valence-corrected chi connectivity index (χ3v) is 5.56. The Morgan fingerprint density at radius 1 is 1.23 bits per heavy atom. The first kappa shape index (κ1) is 22.0. The second kappa shape index (κ2) is 10.4. The molecular formula is C21H32N8O. The van der Waals surface area contributed by atoms with Gasteiger partial charge in [-0.05, 0) is 39.0 Å². The number of nitrogens with one attached hydrogen (secondary N) is 3. The minimum absolute atomic E-state index is 0.116. The van der Waals surface area contributed by atoms with Crippen LogP contribution in [-0.4, -0.2) is 50.4 Å². The fourth-order valence-corrected chi connectivity index (χ4v) is 4.02. The minimum Gasteiger partial charge on any atom is -0.390 e. The zero-order valence-corrected chi connectivity index (χ0v) is 18.0. The van der Waals surface area contributed by atoms with Crippen molar-refractivity contribution >= 4 is 17.6 Å². The van der Waals surface area contributed by atoms with Crippen molar-refractivity contribution in [3.8, 4) is 6.07 Å². The number of aliphatic hydroxyl groups is 1. The molecule has 0 radical (unpaired) electrons. The summed E-state index contributed by atoms with van der Waals surface area (Å²) < 4.78 is 0. The topological polar surface area (TPSA) is 126 Å². The van der Waals surface area contributed by atoms with E-state index in [4.69, 9.17) is 5.26 Å². The summed E-state index contributed by atoms with van der Waals surface area (Å²) in [4.78, 5) is 11.3. The largest absolute Gasteiger partial charge is 0.390 e. The number of fused-ring (bicyclic) bond motifs is 2. The standard InChI is InChI=1S/C17H25N7O.C4H7N/c1-10-5-16(23-22-10)20-15-8-13(9-25)19-17(21-15)24(2)14-6-11-3-4-12(7-14)18-11;1-2-3-4-5/h5,8,11-12,14,18,25H,3-4,6-7,9H2,1-2H3,(H2,19,20,21,22,23);2-3H2,1H3/t11-,12+,14?;. The van der Waals surface area contributed by atoms with E-state index in [2.05, 4.69) is 35.7 Å². The molecule has 2 aliphatic rings. The van der Waals surface area contributed by atoms with Crippen molar-refractivity contribution in [3.05, 3.63) is 23.5 Å². The van der Waals surface area contributed by atoms with Gasteiger partial charge in [-0.25, -0.2) is 4.98 Å². The molecule has 9 nitrogen and oxygen atoms in total. The Morgan fingerprint density at radius 2 is 1.97 bits per heavy atom. The number of aromatic nitrogens is 4. The van der Waals surface area contributed by atoms with E-state index in [0.29, 0.717) is 47.8 Å². The van der Waals surface area contributed by atoms with E-state index in [-0.39, 0.29) is 6.61 Å². The molecule has 2 aromatic rings. The Labute approximate surface area is 177 Å². The molecular weight excluding hydrogens is 380 g/mol. The van der Waals surface area contributed by atoms with Crippen molar-refractivity contribution in [1.29, 1.82) is 5.26 Å². The van der Waals surface area contributed by atoms with Crippen molar-refractivity contribution < 1.29 is 5.11 Å². The molecule has 2 fully saturated rings. The van der Waals surface area contributed by atoms with Gasteiger partial charge < -0.3 is 20.6 Å². The minimum atomic E-state index is -0.116. The number of piperidine rings is 1. The number of hydrogen-bond donors (Lipinski definition) is 4. The number of nitrogens with zero attached hydrogens (tertiary/aromatic N) is 5. The zero-order chi connectivity index (χ0) is 21.5. The number of H-pyrrole nitrogens is 1. The van der Waals surface area contributed by atoms with Gasteiger partial charge >= 0.3 is 0 Å². The molecule has 0 spiro atoms. The number of nitriles is 1. The number of aromatic amines is 1. The molecule has 2 saturated heterocycles. The van der Waals surface area contributed by atoms with Gasteiger partial charge in [0.25, 0.3) is 0 Å². The summed E-state index contributed by atoms with van der Waals surface area (Å²) in [6, 6.07) is 7.33. The lowest BCUT2D eigenvalue weighted by molar-refractivity contribution is 0.276. The number of rotatable bonds is 6. The zero-order valence-electron chi connectivity index (χ0n) is 18.0. The van der Waals surface area contributed by atoms with Gasteiger partial charge in [0.15, 0.2) is 5.82 Å². The fourth-order valence-electron chi connectivity index (χ4n) is 4.02. The van der Waals surface area contributed by atoms with Crippen molar-refractivity contribution in [2.24, 2.45) is 0 Å². The maximum absolute atomic E-state index is 9.57. The maximum Gasteiger partial charge on any atom is 0.227 e. The lowest BCUT2D eigenvalue weighted by atomic mass is 9.99. The molecule has 9 heteroatoms. The summed E-state index contributed by atoms with van der Waals surface area (Å²) >= 11 is 0. The number of hydrogen-bond acceptors (Lipinski definition) is 8. The molecule has 3 atom stereocenters. The van der Waals surface area contributed by atoms with Gasteiger partial charge in [0.05, 0.1) is 18.4 Å². The maximum atomic E-state index is 9.57. The summed E-state index contributed by atoms with van der Waals surface area (Å²) in [5.74, 6) is 1.99. The second-order valence-corrected chi connectivity index (χ2v) is 8.05. The highest BCUT2D eigenvalue weighted by atomic mass is 16.3. The lowest BCUT2D eigenvalue weighted by Gasteiger charge is -2.35. The van der Waals surface area contributed by atoms with Crippen LogP contribution in [0, 0.1) is 18.3 Å². The van der Waals surface area contributed by atoms with Crippen LogP contribution in [0.2, 0.25) is 0 Å². The van der Waals surface area contributed by atoms with Crippen LogP contribution in [0.5, 0.6) is 0 Å². The van der Waals surface area contributed by atoms with Crippen LogP contribution in [-0.2, 0) is 6.61 Å². The highest BCUT2D eigenvalue weighted by molar-refractivity contribution is 5.54. The number of anilines is 3. The number of aliphatic hydroxyl groups excluding tert-OH is 1. The monoisotopic (exact) mass is 412 g/mol. The number of aryl methyl sites for hydroxylation is 1. The smallest absolute Gasteiger partial charge is 0.227 e. The molecule has 0 saturated carbocycles. The Bertz CT molecular complexity index is 849. The van der Waals surface area contributed by atoms with Gasteiger partial charge in [0, 0.05) is 49.4 Å². The van der Waals surface area contributed by atoms with Crippen molar-refractivity contribution in [2.75, 3.05) is 17.3 Å². The van der Waals surface area contributed by atoms with E-state index in [9.17, 15) is 5.11 Å². The number of unbranched alkanes of at least 4 members (excludes halogenated alkanes) is 1. The van der Waals surface area contributed by atoms with Gasteiger partial charge in [0.2, 0.25) is 5.95 Å². The van der Waals surface area contributed by atoms with Crippen LogP contribution >= 0.6 is 0 Å². The molecule has 4 rings (SSSR count). The molecule has 0 aliphatic carbocycles. The predicted octanol–water partition coefficient (Wildman–Crippen LogP) is 2.77. The van der Waals surface area contributed by atoms with Gasteiger partial charge in [-0.3, -0.25) is 5.10 Å². The third kappa shape index (κ3) is 5.68. The van der Waals surface area contributed by atoms with Crippen LogP contribution in [0.25, 0.3) is 0 Å². The SMILES string of the molecule is CCCC#N.Cc1cc(Nc2cc(CO)nc(N(C)C3C[C@H]4CC[C@@H](C3)N4)n2)n[nH]1. The highest BCUT2D eigenvalue weighted by Gasteiger charge is 2.35. The molecule has 4 N–H and O–H groups in total. The summed E-state index contributed by atoms with van der Waals surface area (Å²) in [5.41, 5.74) is 1.57. The summed E-state index contributed by atoms with van der Waals surface area (Å²) in [6.07, 6.45) is 6.42. The van der Waals surface area contributed by atoms with Crippen molar-refractivity contribution in [2.45, 2.75) is 77.1 Å². The third-order valence-electron chi connectivity index (χ3n) is 5.56. The van der Waals surface area contributed by atoms with E-state index in [1.165, 1.54) is 12.8 Å². The molecule has 1 unspecified atom stereocenters. The van der Waals surface area contributed by atoms with Crippen LogP contribution in [0.1, 0.15) is 56.8 Å². The molecule has 0 aromatic carbocycles. The molecule has 30 heavy (non-hydrogen) atoms. The summed E-state index contributed by atoms with van der Waals surface area (Å²) in [7, 11) is 2.05. The quantitative estimate of drug-likeness (QED) is 0.571. The Kier molecular flexibility index (Phi) is 7.60. The van der Waals surface area contributed by atoms with E-state index >= 15 is 0 Å². The Balaban J connectivity index is 0.000000461. The van der Waals surface area contributed by atoms with E-state index < -0.39 is 0 Å². The molecule has 4 heterocycles. The lowest BCUT2D eigenvalue weighted by Crippen LogP contribution is -2.47. The summed E-state index contributed by atoms with van der Waals surface area (Å²) in [6.45, 7) is 3.82. The Hall–Kier alpha value is -2.70. The predicted molar refractivity (Wildman–Crippen MR) is 116 cm³/mol. The van der Waals surface area contributed by atoms with E-state index in [1.807, 2.05) is 33.0 Å². The highest BCUT2D eigenvalue weighted by Crippen LogP contribution is 2.31. The molecule has 162 valence electrons. The van der Waals surface area contributed by atoms with Gasteiger partial charge in [-0.2, -0.15) is 15.3 Å². The normalized spacial score (nSPS) is 22.0. The van der Waals surface area contributed by atoms with E-state index in [1.54, 1.807) is 6.07 Å². The van der Waals surface area contributed by atoms with Crippen molar-refractivity contribution in [3.63, 3.8) is 0 Å². The second-order valence-electron chi connectivity index (χ2n) is 8.05. The van der Waals surface area contributed by atoms with Crippen LogP contribution in [0.3, 0.4) is 0 Å². The fraction of sp³-hybridized carbons (Fsp3) is 0.619. The first-order chi connectivity index (χ1) is 14.5.